The minimum Gasteiger partial charge on any atom is -0.480 e. The zero-order valence-corrected chi connectivity index (χ0v) is 15.7. The van der Waals surface area contributed by atoms with Gasteiger partial charge in [0.05, 0.1) is 0 Å². The van der Waals surface area contributed by atoms with Gasteiger partial charge in [-0.05, 0) is 24.1 Å². The molecule has 0 radical (unpaired) electrons. The van der Waals surface area contributed by atoms with Crippen LogP contribution in [-0.2, 0) is 24.9 Å². The first-order chi connectivity index (χ1) is 13.2. The van der Waals surface area contributed by atoms with Crippen molar-refractivity contribution in [2.24, 2.45) is 5.73 Å². The molecule has 0 spiro atoms. The van der Waals surface area contributed by atoms with Crippen LogP contribution in [0.3, 0.4) is 0 Å². The van der Waals surface area contributed by atoms with Crippen molar-refractivity contribution in [1.82, 2.24) is 10.6 Å². The Morgan fingerprint density at radius 3 is 2.36 bits per heavy atom. The molecule has 0 aliphatic heterocycles. The van der Waals surface area contributed by atoms with Crippen molar-refractivity contribution < 1.29 is 33.8 Å². The van der Waals surface area contributed by atoms with Crippen LogP contribution >= 0.6 is 11.8 Å². The van der Waals surface area contributed by atoms with Gasteiger partial charge < -0.3 is 26.6 Å². The first kappa shape index (κ1) is 23.4. The molecule has 0 heterocycles. The van der Waals surface area contributed by atoms with Crippen LogP contribution in [0.25, 0.3) is 0 Å². The highest BCUT2D eigenvalue weighted by Crippen LogP contribution is 2.14. The summed E-state index contributed by atoms with van der Waals surface area (Å²) < 4.78 is 12.9. The predicted molar refractivity (Wildman–Crippen MR) is 100.0 cm³/mol. The van der Waals surface area contributed by atoms with Crippen molar-refractivity contribution in [1.29, 1.82) is 0 Å². The zero-order valence-electron chi connectivity index (χ0n) is 14.9. The van der Waals surface area contributed by atoms with E-state index < -0.39 is 42.4 Å². The SMILES string of the molecule is N[C@H](CCC(=O)N[C@H](CSCc1ccc(F)cc1)C(=O)NCC(=O)O)C(=O)O. The third kappa shape index (κ3) is 9.33. The molecule has 154 valence electrons. The maximum absolute atomic E-state index is 12.9. The zero-order chi connectivity index (χ0) is 21.1. The van der Waals surface area contributed by atoms with Crippen LogP contribution in [0, 0.1) is 5.82 Å². The van der Waals surface area contributed by atoms with Crippen LogP contribution < -0.4 is 16.4 Å². The number of carboxylic acid groups (broad SMARTS) is 2. The van der Waals surface area contributed by atoms with E-state index in [0.717, 1.165) is 5.56 Å². The molecule has 0 aliphatic carbocycles. The molecular formula is C17H22FN3O6S. The fourth-order valence-electron chi connectivity index (χ4n) is 2.02. The quantitative estimate of drug-likeness (QED) is 0.317. The molecule has 0 unspecified atom stereocenters. The number of aliphatic carboxylic acids is 2. The molecule has 0 aromatic heterocycles. The average molecular weight is 415 g/mol. The van der Waals surface area contributed by atoms with E-state index in [9.17, 15) is 23.6 Å². The lowest BCUT2D eigenvalue weighted by molar-refractivity contribution is -0.139. The molecule has 0 aliphatic rings. The molecule has 2 atom stereocenters. The van der Waals surface area contributed by atoms with Crippen molar-refractivity contribution in [2.45, 2.75) is 30.7 Å². The third-order valence-electron chi connectivity index (χ3n) is 3.53. The van der Waals surface area contributed by atoms with E-state index >= 15 is 0 Å². The Morgan fingerprint density at radius 1 is 1.14 bits per heavy atom. The summed E-state index contributed by atoms with van der Waals surface area (Å²) in [6, 6.07) is 3.58. The number of hydrogen-bond donors (Lipinski definition) is 5. The standard InChI is InChI=1S/C17H22FN3O6S/c18-11-3-1-10(2-4-11)8-28-9-13(16(25)20-7-15(23)24)21-14(22)6-5-12(19)17(26)27/h1-4,12-13H,5-9,19H2,(H,20,25)(H,21,22)(H,23,24)(H,26,27)/t12-,13-/m1/s1. The Balaban J connectivity index is 2.60. The van der Waals surface area contributed by atoms with E-state index in [2.05, 4.69) is 10.6 Å². The molecule has 2 amide bonds. The van der Waals surface area contributed by atoms with E-state index in [1.54, 1.807) is 12.1 Å². The second-order valence-corrected chi connectivity index (χ2v) is 6.89. The van der Waals surface area contributed by atoms with Gasteiger partial charge in [-0.25, -0.2) is 4.39 Å². The first-order valence-corrected chi connectivity index (χ1v) is 9.44. The number of benzene rings is 1. The Bertz CT molecular complexity index is 701. The fraction of sp³-hybridized carbons (Fsp3) is 0.412. The second kappa shape index (κ2) is 11.9. The molecule has 1 aromatic carbocycles. The summed E-state index contributed by atoms with van der Waals surface area (Å²) in [5.74, 6) is -3.50. The van der Waals surface area contributed by atoms with Gasteiger partial charge in [-0.1, -0.05) is 12.1 Å². The molecule has 0 bridgehead atoms. The normalized spacial score (nSPS) is 12.6. The Morgan fingerprint density at radius 2 is 1.79 bits per heavy atom. The van der Waals surface area contributed by atoms with Gasteiger partial charge >= 0.3 is 11.9 Å². The maximum Gasteiger partial charge on any atom is 0.322 e. The number of hydrogen-bond acceptors (Lipinski definition) is 6. The van der Waals surface area contributed by atoms with Crippen LogP contribution in [0.1, 0.15) is 18.4 Å². The lowest BCUT2D eigenvalue weighted by atomic mass is 10.1. The number of carboxylic acids is 2. The third-order valence-corrected chi connectivity index (χ3v) is 4.64. The number of carbonyl (C=O) groups excluding carboxylic acids is 2. The summed E-state index contributed by atoms with van der Waals surface area (Å²) in [5.41, 5.74) is 6.15. The topological polar surface area (TPSA) is 159 Å². The highest BCUT2D eigenvalue weighted by atomic mass is 32.2. The van der Waals surface area contributed by atoms with Crippen LogP contribution in [0.2, 0.25) is 0 Å². The van der Waals surface area contributed by atoms with Crippen molar-refractivity contribution in [3.8, 4) is 0 Å². The predicted octanol–water partition coefficient (Wildman–Crippen LogP) is -0.0634. The molecule has 0 saturated carbocycles. The smallest absolute Gasteiger partial charge is 0.322 e. The van der Waals surface area contributed by atoms with Gasteiger partial charge in [0.25, 0.3) is 0 Å². The highest BCUT2D eigenvalue weighted by Gasteiger charge is 2.22. The van der Waals surface area contributed by atoms with Gasteiger partial charge in [0.15, 0.2) is 0 Å². The first-order valence-electron chi connectivity index (χ1n) is 8.28. The Labute approximate surface area is 164 Å². The van der Waals surface area contributed by atoms with E-state index in [4.69, 9.17) is 15.9 Å². The number of amides is 2. The number of nitrogens with two attached hydrogens (primary N) is 1. The molecule has 6 N–H and O–H groups in total. The van der Waals surface area contributed by atoms with Crippen LogP contribution in [-0.4, -0.2) is 58.3 Å². The van der Waals surface area contributed by atoms with Crippen LogP contribution in [0.15, 0.2) is 24.3 Å². The monoisotopic (exact) mass is 415 g/mol. The average Bonchev–Trinajstić information content (AvgIpc) is 2.64. The minimum atomic E-state index is -1.24. The van der Waals surface area contributed by atoms with Crippen molar-refractivity contribution in [3.63, 3.8) is 0 Å². The molecular weight excluding hydrogens is 393 g/mol. The van der Waals surface area contributed by atoms with E-state index in [1.165, 1.54) is 23.9 Å². The van der Waals surface area contributed by atoms with Gasteiger partial charge in [0.2, 0.25) is 11.8 Å². The minimum absolute atomic E-state index is 0.104. The Hall–Kier alpha value is -2.66. The molecule has 0 fully saturated rings. The molecule has 1 aromatic rings. The van der Waals surface area contributed by atoms with Crippen LogP contribution in [0.5, 0.6) is 0 Å². The van der Waals surface area contributed by atoms with Crippen molar-refractivity contribution >= 4 is 35.5 Å². The van der Waals surface area contributed by atoms with Gasteiger partial charge in [-0.15, -0.1) is 0 Å². The van der Waals surface area contributed by atoms with Crippen molar-refractivity contribution in [2.75, 3.05) is 12.3 Å². The summed E-state index contributed by atoms with van der Waals surface area (Å²) in [6.07, 6.45) is -0.299. The van der Waals surface area contributed by atoms with E-state index in [1.807, 2.05) is 0 Å². The van der Waals surface area contributed by atoms with Gasteiger partial charge in [0, 0.05) is 17.9 Å². The number of thioether (sulfide) groups is 1. The lowest BCUT2D eigenvalue weighted by Crippen LogP contribution is -2.49. The molecule has 11 heteroatoms. The Kier molecular flexibility index (Phi) is 9.96. The summed E-state index contributed by atoms with van der Waals surface area (Å²) in [4.78, 5) is 45.4. The van der Waals surface area contributed by atoms with Crippen LogP contribution in [0.4, 0.5) is 4.39 Å². The van der Waals surface area contributed by atoms with E-state index in [-0.39, 0.29) is 24.4 Å². The number of nitrogens with one attached hydrogen (secondary N) is 2. The van der Waals surface area contributed by atoms with Crippen molar-refractivity contribution in [3.05, 3.63) is 35.6 Å². The largest absolute Gasteiger partial charge is 0.480 e. The fourth-order valence-corrected chi connectivity index (χ4v) is 3.04. The summed E-state index contributed by atoms with van der Waals surface area (Å²) in [5, 5.41) is 22.0. The molecule has 9 nitrogen and oxygen atoms in total. The number of carbonyl (C=O) groups is 4. The lowest BCUT2D eigenvalue weighted by Gasteiger charge is -2.18. The summed E-state index contributed by atoms with van der Waals surface area (Å²) >= 11 is 1.29. The number of rotatable bonds is 12. The maximum atomic E-state index is 12.9. The molecule has 28 heavy (non-hydrogen) atoms. The summed E-state index contributed by atoms with van der Waals surface area (Å²) in [7, 11) is 0. The van der Waals surface area contributed by atoms with Gasteiger partial charge in [0.1, 0.15) is 24.4 Å². The van der Waals surface area contributed by atoms with Gasteiger partial charge in [-0.2, -0.15) is 11.8 Å². The second-order valence-electron chi connectivity index (χ2n) is 5.86. The molecule has 1 rings (SSSR count). The number of halogens is 1. The molecule has 0 saturated heterocycles. The van der Waals surface area contributed by atoms with E-state index in [0.29, 0.717) is 5.75 Å². The highest BCUT2D eigenvalue weighted by molar-refractivity contribution is 7.98. The summed E-state index contributed by atoms with van der Waals surface area (Å²) in [6.45, 7) is -0.599. The van der Waals surface area contributed by atoms with Gasteiger partial charge in [-0.3, -0.25) is 19.2 Å².